The third kappa shape index (κ3) is 3.37. The van der Waals surface area contributed by atoms with E-state index in [2.05, 4.69) is 20.9 Å². The molecule has 0 amide bonds. The van der Waals surface area contributed by atoms with Crippen LogP contribution in [0, 0.1) is 0 Å². The van der Waals surface area contributed by atoms with E-state index in [0.29, 0.717) is 16.6 Å². The Hall–Kier alpha value is -0.770. The van der Waals surface area contributed by atoms with Crippen molar-refractivity contribution in [1.82, 2.24) is 4.98 Å². The largest absolute Gasteiger partial charge is 0.488 e. The van der Waals surface area contributed by atoms with Gasteiger partial charge in [-0.15, -0.1) is 0 Å². The molecule has 1 aliphatic carbocycles. The Morgan fingerprint density at radius 2 is 2.00 bits per heavy atom. The summed E-state index contributed by atoms with van der Waals surface area (Å²) >= 11 is 3.39. The summed E-state index contributed by atoms with van der Waals surface area (Å²) in [6.07, 6.45) is 2.67. The first-order chi connectivity index (χ1) is 7.44. The Bertz CT molecular complexity index is 383. The lowest BCUT2D eigenvalue weighted by atomic mass is 10.2. The standard InChI is InChI=1S/C12H16BrNO2/c1-12(2,3)16-10-7-6-9(11(13)14-10)15-8-4-5-8/h6-8H,4-5H2,1-3H3. The van der Waals surface area contributed by atoms with Gasteiger partial charge in [0.15, 0.2) is 10.4 Å². The Morgan fingerprint density at radius 3 is 2.50 bits per heavy atom. The predicted molar refractivity (Wildman–Crippen MR) is 66.0 cm³/mol. The maximum absolute atomic E-state index is 5.68. The van der Waals surface area contributed by atoms with E-state index in [1.807, 2.05) is 32.9 Å². The molecule has 1 saturated carbocycles. The summed E-state index contributed by atoms with van der Waals surface area (Å²) in [6, 6.07) is 3.74. The van der Waals surface area contributed by atoms with Crippen LogP contribution >= 0.6 is 15.9 Å². The van der Waals surface area contributed by atoms with Crippen molar-refractivity contribution in [3.8, 4) is 11.6 Å². The van der Waals surface area contributed by atoms with Crippen molar-refractivity contribution in [2.24, 2.45) is 0 Å². The second-order valence-corrected chi connectivity index (χ2v) is 5.72. The summed E-state index contributed by atoms with van der Waals surface area (Å²) in [6.45, 7) is 5.99. The number of rotatable bonds is 3. The van der Waals surface area contributed by atoms with Gasteiger partial charge < -0.3 is 9.47 Å². The molecule has 0 aliphatic heterocycles. The minimum atomic E-state index is -0.231. The van der Waals surface area contributed by atoms with Crippen molar-refractivity contribution < 1.29 is 9.47 Å². The lowest BCUT2D eigenvalue weighted by Crippen LogP contribution is -2.23. The summed E-state index contributed by atoms with van der Waals surface area (Å²) in [5.74, 6) is 1.41. The molecular formula is C12H16BrNO2. The van der Waals surface area contributed by atoms with Gasteiger partial charge in [0.25, 0.3) is 0 Å². The van der Waals surface area contributed by atoms with E-state index in [4.69, 9.17) is 9.47 Å². The summed E-state index contributed by atoms with van der Waals surface area (Å²) < 4.78 is 12.0. The fraction of sp³-hybridized carbons (Fsp3) is 0.583. The van der Waals surface area contributed by atoms with Gasteiger partial charge in [0.05, 0.1) is 6.10 Å². The Labute approximate surface area is 104 Å². The number of hydrogen-bond acceptors (Lipinski definition) is 3. The highest BCUT2D eigenvalue weighted by Gasteiger charge is 2.25. The first kappa shape index (κ1) is 11.7. The van der Waals surface area contributed by atoms with Crippen molar-refractivity contribution in [1.29, 1.82) is 0 Å². The molecule has 0 radical (unpaired) electrons. The molecule has 0 unspecified atom stereocenters. The van der Waals surface area contributed by atoms with E-state index in [9.17, 15) is 0 Å². The highest BCUT2D eigenvalue weighted by atomic mass is 79.9. The van der Waals surface area contributed by atoms with Crippen molar-refractivity contribution in [2.75, 3.05) is 0 Å². The predicted octanol–water partition coefficient (Wildman–Crippen LogP) is 3.56. The maximum Gasteiger partial charge on any atom is 0.215 e. The molecule has 0 aromatic carbocycles. The van der Waals surface area contributed by atoms with E-state index >= 15 is 0 Å². The van der Waals surface area contributed by atoms with Gasteiger partial charge in [0.1, 0.15) is 5.60 Å². The third-order valence-corrected chi connectivity index (χ3v) is 2.59. The zero-order valence-electron chi connectivity index (χ0n) is 9.79. The first-order valence-corrected chi connectivity index (χ1v) is 6.25. The lowest BCUT2D eigenvalue weighted by Gasteiger charge is -2.20. The summed E-state index contributed by atoms with van der Waals surface area (Å²) in [7, 11) is 0. The van der Waals surface area contributed by atoms with Gasteiger partial charge >= 0.3 is 0 Å². The number of nitrogens with zero attached hydrogens (tertiary/aromatic N) is 1. The quantitative estimate of drug-likeness (QED) is 0.796. The first-order valence-electron chi connectivity index (χ1n) is 5.46. The average molecular weight is 286 g/mol. The van der Waals surface area contributed by atoms with Crippen LogP contribution in [0.15, 0.2) is 16.7 Å². The Kier molecular flexibility index (Phi) is 3.10. The molecule has 4 heteroatoms. The van der Waals surface area contributed by atoms with Crippen molar-refractivity contribution >= 4 is 15.9 Å². The molecule has 16 heavy (non-hydrogen) atoms. The molecule has 1 heterocycles. The number of halogens is 1. The SMILES string of the molecule is CC(C)(C)Oc1ccc(OC2CC2)c(Br)n1. The molecular weight excluding hydrogens is 270 g/mol. The van der Waals surface area contributed by atoms with Crippen molar-refractivity contribution in [3.05, 3.63) is 16.7 Å². The van der Waals surface area contributed by atoms with E-state index in [1.54, 1.807) is 0 Å². The molecule has 2 rings (SSSR count). The van der Waals surface area contributed by atoms with E-state index in [-0.39, 0.29) is 5.60 Å². The van der Waals surface area contributed by atoms with Crippen LogP contribution in [0.3, 0.4) is 0 Å². The second kappa shape index (κ2) is 4.24. The molecule has 88 valence electrons. The van der Waals surface area contributed by atoms with Crippen LogP contribution in [0.25, 0.3) is 0 Å². The van der Waals surface area contributed by atoms with Crippen LogP contribution in [0.1, 0.15) is 33.6 Å². The molecule has 1 aliphatic rings. The second-order valence-electron chi connectivity index (χ2n) is 4.97. The van der Waals surface area contributed by atoms with E-state index in [1.165, 1.54) is 0 Å². The topological polar surface area (TPSA) is 31.4 Å². The number of pyridine rings is 1. The van der Waals surface area contributed by atoms with Crippen LogP contribution < -0.4 is 9.47 Å². The van der Waals surface area contributed by atoms with Crippen molar-refractivity contribution in [2.45, 2.75) is 45.3 Å². The van der Waals surface area contributed by atoms with Crippen LogP contribution in [-0.2, 0) is 0 Å². The Morgan fingerprint density at radius 1 is 1.31 bits per heavy atom. The van der Waals surface area contributed by atoms with Crippen LogP contribution in [0.4, 0.5) is 0 Å². The van der Waals surface area contributed by atoms with Crippen LogP contribution in [-0.4, -0.2) is 16.7 Å². The molecule has 0 atom stereocenters. The highest BCUT2D eigenvalue weighted by Crippen LogP contribution is 2.32. The molecule has 0 bridgehead atoms. The number of hydrogen-bond donors (Lipinski definition) is 0. The van der Waals surface area contributed by atoms with Gasteiger partial charge in [0, 0.05) is 6.07 Å². The summed E-state index contributed by atoms with van der Waals surface area (Å²) in [4.78, 5) is 4.31. The zero-order valence-corrected chi connectivity index (χ0v) is 11.4. The van der Waals surface area contributed by atoms with Crippen molar-refractivity contribution in [3.63, 3.8) is 0 Å². The third-order valence-electron chi connectivity index (χ3n) is 2.02. The smallest absolute Gasteiger partial charge is 0.215 e. The molecule has 1 aromatic heterocycles. The molecule has 0 N–H and O–H groups in total. The maximum atomic E-state index is 5.68. The molecule has 1 fully saturated rings. The van der Waals surface area contributed by atoms with Gasteiger partial charge in [-0.3, -0.25) is 0 Å². The van der Waals surface area contributed by atoms with Gasteiger partial charge in [0.2, 0.25) is 5.88 Å². The van der Waals surface area contributed by atoms with Gasteiger partial charge in [-0.1, -0.05) is 0 Å². The van der Waals surface area contributed by atoms with Gasteiger partial charge in [-0.25, -0.2) is 4.98 Å². The van der Waals surface area contributed by atoms with E-state index in [0.717, 1.165) is 18.6 Å². The normalized spacial score (nSPS) is 16.0. The summed E-state index contributed by atoms with van der Waals surface area (Å²) in [5, 5.41) is 0. The average Bonchev–Trinajstić information content (AvgIpc) is 2.90. The lowest BCUT2D eigenvalue weighted by molar-refractivity contribution is 0.123. The zero-order chi connectivity index (χ0) is 11.8. The van der Waals surface area contributed by atoms with Gasteiger partial charge in [-0.05, 0) is 55.6 Å². The fourth-order valence-corrected chi connectivity index (χ4v) is 1.63. The number of aromatic nitrogens is 1. The molecule has 1 aromatic rings. The minimum Gasteiger partial charge on any atom is -0.488 e. The van der Waals surface area contributed by atoms with Crippen LogP contribution in [0.2, 0.25) is 0 Å². The summed E-state index contributed by atoms with van der Waals surface area (Å²) in [5.41, 5.74) is -0.231. The minimum absolute atomic E-state index is 0.231. The number of ether oxygens (including phenoxy) is 2. The molecule has 0 saturated heterocycles. The Balaban J connectivity index is 2.08. The monoisotopic (exact) mass is 285 g/mol. The molecule has 3 nitrogen and oxygen atoms in total. The van der Waals surface area contributed by atoms with Crippen LogP contribution in [0.5, 0.6) is 11.6 Å². The molecule has 0 spiro atoms. The van der Waals surface area contributed by atoms with Gasteiger partial charge in [-0.2, -0.15) is 0 Å². The highest BCUT2D eigenvalue weighted by molar-refractivity contribution is 9.10. The fourth-order valence-electron chi connectivity index (χ4n) is 1.23. The van der Waals surface area contributed by atoms with E-state index < -0.39 is 0 Å².